The maximum Gasteiger partial charge on any atom is 0.392 e. The van der Waals surface area contributed by atoms with Crippen LogP contribution < -0.4 is 0 Å². The van der Waals surface area contributed by atoms with E-state index in [1.54, 1.807) is 18.2 Å². The lowest BCUT2D eigenvalue weighted by Gasteiger charge is -2.15. The molecule has 0 radical (unpaired) electrons. The van der Waals surface area contributed by atoms with Gasteiger partial charge < -0.3 is 0 Å². The Bertz CT molecular complexity index is 242. The molecule has 1 aromatic carbocycles. The monoisotopic (exact) mass is 190 g/mol. The molecule has 1 atom stereocenters. The van der Waals surface area contributed by atoms with Crippen molar-refractivity contribution in [3.8, 4) is 0 Å². The molecule has 0 heterocycles. The highest BCUT2D eigenvalue weighted by molar-refractivity contribution is 6.13. The van der Waals surface area contributed by atoms with E-state index in [0.717, 1.165) is 0 Å². The lowest BCUT2D eigenvalue weighted by atomic mass is 10.1. The van der Waals surface area contributed by atoms with Crippen molar-refractivity contribution in [2.24, 2.45) is 0 Å². The molecule has 0 aromatic heterocycles. The first kappa shape index (κ1) is 9.32. The Morgan fingerprint density at radius 2 is 1.58 bits per heavy atom. The quantitative estimate of drug-likeness (QED) is 0.591. The summed E-state index contributed by atoms with van der Waals surface area (Å²) in [5.74, 6) is 0. The molecule has 0 aliphatic rings. The van der Waals surface area contributed by atoms with Crippen LogP contribution in [0, 0.1) is 0 Å². The van der Waals surface area contributed by atoms with Crippen LogP contribution in [0.5, 0.6) is 0 Å². The van der Waals surface area contributed by atoms with Crippen molar-refractivity contribution in [3.63, 3.8) is 0 Å². The molecular formula is C8H9F3Si. The first-order valence-corrected chi connectivity index (χ1v) is 4.79. The van der Waals surface area contributed by atoms with Gasteiger partial charge in [0.1, 0.15) is 0 Å². The van der Waals surface area contributed by atoms with E-state index in [0.29, 0.717) is 5.56 Å². The van der Waals surface area contributed by atoms with Crippen molar-refractivity contribution < 1.29 is 13.2 Å². The van der Waals surface area contributed by atoms with E-state index in [-0.39, 0.29) is 10.2 Å². The summed E-state index contributed by atoms with van der Waals surface area (Å²) in [6, 6.07) is 8.02. The van der Waals surface area contributed by atoms with Crippen LogP contribution in [-0.4, -0.2) is 16.4 Å². The topological polar surface area (TPSA) is 0 Å². The Labute approximate surface area is 71.8 Å². The van der Waals surface area contributed by atoms with Gasteiger partial charge in [0.15, 0.2) is 0 Å². The minimum Gasteiger partial charge on any atom is -0.171 e. The van der Waals surface area contributed by atoms with Crippen LogP contribution in [-0.2, 0) is 0 Å². The standard InChI is InChI=1S/C8H9F3Si/c9-8(10,11)7(12)6-4-2-1-3-5-6/h1-5,7H,12H3. The van der Waals surface area contributed by atoms with Gasteiger partial charge in [0, 0.05) is 10.2 Å². The van der Waals surface area contributed by atoms with Crippen LogP contribution in [0.15, 0.2) is 30.3 Å². The zero-order chi connectivity index (χ0) is 9.19. The van der Waals surface area contributed by atoms with Gasteiger partial charge >= 0.3 is 6.18 Å². The molecule has 0 saturated heterocycles. The normalized spacial score (nSPS) is 14.6. The lowest BCUT2D eigenvalue weighted by Crippen LogP contribution is -2.20. The summed E-state index contributed by atoms with van der Waals surface area (Å²) in [7, 11) is 0.111. The van der Waals surface area contributed by atoms with Crippen molar-refractivity contribution in [3.05, 3.63) is 35.9 Å². The molecule has 66 valence electrons. The van der Waals surface area contributed by atoms with Crippen molar-refractivity contribution in [2.45, 2.75) is 11.7 Å². The molecule has 0 aliphatic carbocycles. The Morgan fingerprint density at radius 1 is 1.08 bits per heavy atom. The van der Waals surface area contributed by atoms with E-state index in [1.165, 1.54) is 12.1 Å². The molecule has 1 unspecified atom stereocenters. The van der Waals surface area contributed by atoms with Gasteiger partial charge in [-0.2, -0.15) is 13.2 Å². The minimum absolute atomic E-state index is 0.111. The fourth-order valence-corrected chi connectivity index (χ4v) is 1.32. The van der Waals surface area contributed by atoms with E-state index >= 15 is 0 Å². The summed E-state index contributed by atoms with van der Waals surface area (Å²) in [5.41, 5.74) is -0.865. The highest BCUT2D eigenvalue weighted by Gasteiger charge is 2.36. The summed E-state index contributed by atoms with van der Waals surface area (Å²) < 4.78 is 36.5. The minimum atomic E-state index is -4.08. The third-order valence-corrected chi connectivity index (χ3v) is 3.11. The Kier molecular flexibility index (Phi) is 2.57. The van der Waals surface area contributed by atoms with Gasteiger partial charge in [0.2, 0.25) is 0 Å². The van der Waals surface area contributed by atoms with Crippen LogP contribution >= 0.6 is 0 Å². The second-order valence-corrected chi connectivity index (χ2v) is 3.83. The summed E-state index contributed by atoms with van der Waals surface area (Å²) in [5, 5.41) is 0. The fourth-order valence-electron chi connectivity index (χ4n) is 0.931. The van der Waals surface area contributed by atoms with Crippen LogP contribution in [0.2, 0.25) is 0 Å². The molecule has 0 nitrogen and oxygen atoms in total. The number of halogens is 3. The van der Waals surface area contributed by atoms with Gasteiger partial charge in [0.25, 0.3) is 0 Å². The van der Waals surface area contributed by atoms with Crippen molar-refractivity contribution in [2.75, 3.05) is 0 Å². The van der Waals surface area contributed by atoms with Crippen LogP contribution in [0.25, 0.3) is 0 Å². The first-order valence-electron chi connectivity index (χ1n) is 3.63. The van der Waals surface area contributed by atoms with E-state index in [4.69, 9.17) is 0 Å². The van der Waals surface area contributed by atoms with E-state index < -0.39 is 11.7 Å². The highest BCUT2D eigenvalue weighted by atomic mass is 28.1. The molecule has 1 aromatic rings. The van der Waals surface area contributed by atoms with Gasteiger partial charge in [-0.1, -0.05) is 30.3 Å². The molecular weight excluding hydrogens is 181 g/mol. The Hall–Kier alpha value is -0.773. The Morgan fingerprint density at radius 3 is 2.00 bits per heavy atom. The molecule has 0 aliphatic heterocycles. The maximum absolute atomic E-state index is 12.2. The molecule has 0 spiro atoms. The number of hydrogen-bond donors (Lipinski definition) is 0. The second-order valence-electron chi connectivity index (χ2n) is 2.67. The average molecular weight is 190 g/mol. The molecule has 12 heavy (non-hydrogen) atoms. The van der Waals surface area contributed by atoms with Gasteiger partial charge in [-0.3, -0.25) is 0 Å². The third-order valence-electron chi connectivity index (χ3n) is 1.79. The highest BCUT2D eigenvalue weighted by Crippen LogP contribution is 2.31. The lowest BCUT2D eigenvalue weighted by molar-refractivity contribution is -0.131. The summed E-state index contributed by atoms with van der Waals surface area (Å²) >= 11 is 0. The summed E-state index contributed by atoms with van der Waals surface area (Å²) in [4.78, 5) is 0. The summed E-state index contributed by atoms with van der Waals surface area (Å²) in [6.07, 6.45) is -4.08. The van der Waals surface area contributed by atoms with E-state index in [1.807, 2.05) is 0 Å². The van der Waals surface area contributed by atoms with E-state index in [9.17, 15) is 13.2 Å². The van der Waals surface area contributed by atoms with Gasteiger partial charge in [-0.25, -0.2) is 0 Å². The van der Waals surface area contributed by atoms with Gasteiger partial charge in [0.05, 0.1) is 5.54 Å². The van der Waals surface area contributed by atoms with Gasteiger partial charge in [-0.15, -0.1) is 0 Å². The summed E-state index contributed by atoms with van der Waals surface area (Å²) in [6.45, 7) is 0. The predicted molar refractivity (Wildman–Crippen MR) is 45.2 cm³/mol. The van der Waals surface area contributed by atoms with E-state index in [2.05, 4.69) is 0 Å². The number of rotatable bonds is 1. The smallest absolute Gasteiger partial charge is 0.171 e. The predicted octanol–water partition coefficient (Wildman–Crippen LogP) is 1.66. The largest absolute Gasteiger partial charge is 0.392 e. The molecule has 0 bridgehead atoms. The number of benzene rings is 1. The second kappa shape index (κ2) is 3.31. The molecule has 0 amide bonds. The van der Waals surface area contributed by atoms with Crippen LogP contribution in [0.3, 0.4) is 0 Å². The first-order chi connectivity index (χ1) is 5.52. The average Bonchev–Trinajstić information content (AvgIpc) is 2.03. The van der Waals surface area contributed by atoms with Crippen LogP contribution in [0.4, 0.5) is 13.2 Å². The molecule has 0 fully saturated rings. The fraction of sp³-hybridized carbons (Fsp3) is 0.250. The van der Waals surface area contributed by atoms with Crippen molar-refractivity contribution >= 4 is 10.2 Å². The van der Waals surface area contributed by atoms with Crippen LogP contribution in [0.1, 0.15) is 11.1 Å². The molecule has 0 saturated carbocycles. The zero-order valence-electron chi connectivity index (χ0n) is 6.60. The molecule has 4 heteroatoms. The van der Waals surface area contributed by atoms with Crippen molar-refractivity contribution in [1.29, 1.82) is 0 Å². The zero-order valence-corrected chi connectivity index (χ0v) is 8.60. The SMILES string of the molecule is FC(F)(F)C([SiH3])c1ccccc1. The molecule has 0 N–H and O–H groups in total. The van der Waals surface area contributed by atoms with Crippen molar-refractivity contribution in [1.82, 2.24) is 0 Å². The van der Waals surface area contributed by atoms with Gasteiger partial charge in [-0.05, 0) is 5.56 Å². The number of hydrogen-bond acceptors (Lipinski definition) is 0. The maximum atomic E-state index is 12.2. The number of alkyl halides is 3. The third kappa shape index (κ3) is 2.10. The Balaban J connectivity index is 2.86. The molecule has 1 rings (SSSR count).